The van der Waals surface area contributed by atoms with Crippen LogP contribution in [0.1, 0.15) is 170 Å². The number of carbonyl (C=O) groups excluding carboxylic acids is 5. The number of urea groups is 2. The lowest BCUT2D eigenvalue weighted by Gasteiger charge is -2.46. The molecule has 10 rings (SSSR count). The van der Waals surface area contributed by atoms with E-state index < -0.39 is 51.8 Å². The molecule has 6 aliphatic rings. The lowest BCUT2D eigenvalue weighted by Crippen LogP contribution is -2.60. The third kappa shape index (κ3) is 19.5. The Morgan fingerprint density at radius 2 is 0.939 bits per heavy atom. The summed E-state index contributed by atoms with van der Waals surface area (Å²) in [5.74, 6) is -0.0732. The molecule has 0 spiro atoms. The maximum Gasteiger partial charge on any atom is 0.408 e. The Kier molecular flexibility index (Phi) is 25.2. The van der Waals surface area contributed by atoms with Crippen LogP contribution in [0.5, 0.6) is 0 Å². The molecule has 27 heteroatoms. The van der Waals surface area contributed by atoms with Crippen molar-refractivity contribution in [3.05, 3.63) is 104 Å². The number of likely N-dealkylation sites (N-methyl/N-ethyl adjacent to an activating group) is 2. The smallest absolute Gasteiger partial charge is 0.408 e. The first-order valence-corrected chi connectivity index (χ1v) is 35.4. The van der Waals surface area contributed by atoms with Crippen LogP contribution < -0.4 is 38.8 Å². The van der Waals surface area contributed by atoms with E-state index in [9.17, 15) is 43.5 Å². The van der Waals surface area contributed by atoms with Gasteiger partial charge in [0, 0.05) is 107 Å². The van der Waals surface area contributed by atoms with Crippen LogP contribution in [-0.4, -0.2) is 218 Å². The standard InChI is InChI=1S/C41H62N8O7.C31H46N8O3.ClH/c1-10-47(29-15-17-30(18-16-29)49(38(54)55)39(2,3)4)31-13-11-28-26-32(14-12-27(28)25-31)48-20-19-33(43-36(48)52)42-35(51)46-23-21-45(22-24-46)34(50)41(8,9)44-37(53)56-40(5,6)7;1-4-38(24-11-7-23(32)8-12-24)25-9-5-22-20-26(10-6-21(22)19-25)39-14-13-27(35-30(39)42)34-29(41)37-17-15-36(16-18-37)28(40)31(2,3)33;/h12,14,19-20,26,29-31H,10-11,13,15-18,21-25H2,1-9H3,(H,44,53)(H,54,55)(H,42,43,51,52);6,10,13-14,20,23-25H,4-5,7-9,11-12,15-19,32-33H2,1-3H3,(H,34,35,41,42);1H/t29-,30-,31?;23-,24-,25?;. The van der Waals surface area contributed by atoms with E-state index in [0.29, 0.717) is 56.4 Å². The molecule has 2 aromatic carbocycles. The molecule has 2 aromatic heterocycles. The Morgan fingerprint density at radius 1 is 0.545 bits per heavy atom. The number of anilines is 2. The number of ether oxygens (including phenoxy) is 1. The second kappa shape index (κ2) is 32.3. The fourth-order valence-electron chi connectivity index (χ4n) is 15.4. The second-order valence-corrected chi connectivity index (χ2v) is 30.5. The maximum atomic E-state index is 13.2. The van der Waals surface area contributed by atoms with Crippen LogP contribution in [0.15, 0.2) is 70.5 Å². The third-order valence-electron chi connectivity index (χ3n) is 20.3. The monoisotopic (exact) mass is 1390 g/mol. The molecule has 544 valence electrons. The normalized spacial score (nSPS) is 21.4. The van der Waals surface area contributed by atoms with Gasteiger partial charge in [0.15, 0.2) is 0 Å². The van der Waals surface area contributed by atoms with E-state index in [4.69, 9.17) is 16.2 Å². The number of carboxylic acid groups (broad SMARTS) is 1. The van der Waals surface area contributed by atoms with Gasteiger partial charge in [-0.3, -0.25) is 39.2 Å². The highest BCUT2D eigenvalue weighted by molar-refractivity contribution is 5.91. The molecule has 4 heterocycles. The highest BCUT2D eigenvalue weighted by Crippen LogP contribution is 2.36. The van der Waals surface area contributed by atoms with Crippen molar-refractivity contribution in [2.45, 2.75) is 231 Å². The minimum Gasteiger partial charge on any atom is -0.465 e. The van der Waals surface area contributed by atoms with Gasteiger partial charge in [-0.15, -0.1) is 12.4 Å². The minimum atomic E-state index is -1.20. The predicted molar refractivity (Wildman–Crippen MR) is 385 cm³/mol. The van der Waals surface area contributed by atoms with Crippen molar-refractivity contribution in [1.82, 2.24) is 58.7 Å². The van der Waals surface area contributed by atoms with E-state index in [1.165, 1.54) is 44.2 Å². The molecule has 2 unspecified atom stereocenters. The minimum absolute atomic E-state index is 0. The zero-order valence-electron chi connectivity index (χ0n) is 60.3. The van der Waals surface area contributed by atoms with Gasteiger partial charge in [0.2, 0.25) is 11.8 Å². The Bertz CT molecular complexity index is 3620. The number of amides is 8. The summed E-state index contributed by atoms with van der Waals surface area (Å²) in [4.78, 5) is 124. The highest BCUT2D eigenvalue weighted by Gasteiger charge is 2.41. The molecule has 4 aromatic rings. The first kappa shape index (κ1) is 77.1. The van der Waals surface area contributed by atoms with Crippen LogP contribution >= 0.6 is 12.4 Å². The van der Waals surface area contributed by atoms with Crippen molar-refractivity contribution in [1.29, 1.82) is 0 Å². The third-order valence-corrected chi connectivity index (χ3v) is 20.3. The molecule has 0 bridgehead atoms. The summed E-state index contributed by atoms with van der Waals surface area (Å²) < 4.78 is 8.30. The van der Waals surface area contributed by atoms with Gasteiger partial charge in [-0.05, 0) is 231 Å². The molecule has 8 N–H and O–H groups in total. The number of halogens is 1. The van der Waals surface area contributed by atoms with Crippen LogP contribution in [0.4, 0.5) is 30.8 Å². The summed E-state index contributed by atoms with van der Waals surface area (Å²) in [6, 6.07) is 17.2. The van der Waals surface area contributed by atoms with Crippen molar-refractivity contribution in [3.8, 4) is 11.4 Å². The molecule has 2 aliphatic heterocycles. The number of nitrogens with two attached hydrogens (primary N) is 2. The quantitative estimate of drug-likeness (QED) is 0.0696. The van der Waals surface area contributed by atoms with E-state index in [1.54, 1.807) is 97.5 Å². The van der Waals surface area contributed by atoms with Gasteiger partial charge in [0.25, 0.3) is 0 Å². The molecule has 4 aliphatic carbocycles. The van der Waals surface area contributed by atoms with Crippen molar-refractivity contribution >= 4 is 60.1 Å². The molecule has 4 fully saturated rings. The fraction of sp³-hybridized carbons (Fsp3) is 0.639. The number of alkyl carbamates (subject to hydrolysis) is 1. The molecular weight excluding hydrogens is 1280 g/mol. The number of aryl methyl sites for hydroxylation is 2. The molecule has 26 nitrogen and oxygen atoms in total. The summed E-state index contributed by atoms with van der Waals surface area (Å²) in [5, 5.41) is 18.0. The van der Waals surface area contributed by atoms with E-state index in [1.807, 2.05) is 32.9 Å². The fourth-order valence-corrected chi connectivity index (χ4v) is 15.4. The Balaban J connectivity index is 0.000000259. The van der Waals surface area contributed by atoms with E-state index >= 15 is 0 Å². The number of hydrogen-bond acceptors (Lipinski definition) is 15. The van der Waals surface area contributed by atoms with E-state index in [-0.39, 0.29) is 74.1 Å². The molecule has 8 amide bonds. The molecule has 0 radical (unpaired) electrons. The van der Waals surface area contributed by atoms with Crippen LogP contribution in [0.2, 0.25) is 0 Å². The number of hydrogen-bond donors (Lipinski definition) is 6. The summed E-state index contributed by atoms with van der Waals surface area (Å²) >= 11 is 0. The molecular formula is C72H109ClN16O10. The van der Waals surface area contributed by atoms with Gasteiger partial charge < -0.3 is 51.1 Å². The van der Waals surface area contributed by atoms with Gasteiger partial charge in [0.1, 0.15) is 22.8 Å². The average molecular weight is 1390 g/mol. The molecule has 99 heavy (non-hydrogen) atoms. The molecule has 2 saturated heterocycles. The van der Waals surface area contributed by atoms with Crippen molar-refractivity contribution < 1.29 is 38.6 Å². The van der Waals surface area contributed by atoms with Gasteiger partial charge in [-0.25, -0.2) is 28.8 Å². The largest absolute Gasteiger partial charge is 0.465 e. The van der Waals surface area contributed by atoms with Crippen LogP contribution in [-0.2, 0) is 40.0 Å². The number of fused-ring (bicyclic) bond motifs is 2. The maximum absolute atomic E-state index is 13.2. The van der Waals surface area contributed by atoms with Crippen LogP contribution in [0, 0.1) is 0 Å². The predicted octanol–water partition coefficient (Wildman–Crippen LogP) is 8.00. The van der Waals surface area contributed by atoms with Crippen LogP contribution in [0.25, 0.3) is 11.4 Å². The van der Waals surface area contributed by atoms with Crippen molar-refractivity contribution in [2.24, 2.45) is 11.5 Å². The summed E-state index contributed by atoms with van der Waals surface area (Å²) in [5.41, 5.74) is 14.5. The van der Waals surface area contributed by atoms with Gasteiger partial charge in [0.05, 0.1) is 16.9 Å². The Labute approximate surface area is 589 Å². The zero-order valence-corrected chi connectivity index (χ0v) is 61.1. The summed E-state index contributed by atoms with van der Waals surface area (Å²) in [6.45, 7) is 26.9. The number of carbonyl (C=O) groups is 6. The number of nitrogens with one attached hydrogen (secondary N) is 3. The van der Waals surface area contributed by atoms with Gasteiger partial charge in [-0.2, -0.15) is 9.97 Å². The van der Waals surface area contributed by atoms with Crippen molar-refractivity contribution in [2.75, 3.05) is 76.1 Å². The first-order chi connectivity index (χ1) is 46.2. The van der Waals surface area contributed by atoms with E-state index in [2.05, 4.69) is 73.8 Å². The van der Waals surface area contributed by atoms with Crippen molar-refractivity contribution in [3.63, 3.8) is 0 Å². The Morgan fingerprint density at radius 3 is 1.31 bits per heavy atom. The Hall–Kier alpha value is -7.65. The zero-order chi connectivity index (χ0) is 71.2. The number of rotatable bonds is 14. The highest BCUT2D eigenvalue weighted by atomic mass is 35.5. The lowest BCUT2D eigenvalue weighted by atomic mass is 9.83. The summed E-state index contributed by atoms with van der Waals surface area (Å²) in [6.07, 6.45) is 16.0. The SMILES string of the molecule is CCN(C1CCc2cc(-n3ccc(NC(=O)N4CCN(C(=O)C(C)(C)N)CC4)nc3=O)ccc2C1)[C@H]1CC[C@H](N)CC1.CCN(C1CCc2cc(-n3ccc(NC(=O)N4CCN(C(=O)C(C)(C)NC(=O)OC(C)(C)C)CC4)nc3=O)ccc2C1)[C@H]1CC[C@H](N(C(=O)O)C(C)(C)C)CC1.Cl. The molecule has 2 atom stereocenters. The van der Waals surface area contributed by atoms with Gasteiger partial charge in [-0.1, -0.05) is 26.0 Å². The molecule has 2 saturated carbocycles. The number of benzene rings is 2. The topological polar surface area (TPSA) is 312 Å². The second-order valence-electron chi connectivity index (χ2n) is 30.5. The average Bonchev–Trinajstić information content (AvgIpc) is 0.797. The van der Waals surface area contributed by atoms with Gasteiger partial charge >= 0.3 is 35.6 Å². The van der Waals surface area contributed by atoms with Crippen LogP contribution in [0.3, 0.4) is 0 Å². The number of piperazine rings is 2. The number of nitrogens with zero attached hydrogens (tertiary/aromatic N) is 11. The number of aromatic nitrogens is 4. The lowest BCUT2D eigenvalue weighted by molar-refractivity contribution is -0.138. The first-order valence-electron chi connectivity index (χ1n) is 35.4. The summed E-state index contributed by atoms with van der Waals surface area (Å²) in [7, 11) is 0. The van der Waals surface area contributed by atoms with E-state index in [0.717, 1.165) is 102 Å².